The number of nitrogens with zero attached hydrogens (tertiary/aromatic N) is 2. The molecule has 112 valence electrons. The van der Waals surface area contributed by atoms with Crippen LogP contribution in [0.4, 0.5) is 0 Å². The van der Waals surface area contributed by atoms with E-state index in [1.165, 1.54) is 13.2 Å². The van der Waals surface area contributed by atoms with Crippen molar-refractivity contribution in [3.8, 4) is 0 Å². The zero-order chi connectivity index (χ0) is 15.7. The number of ether oxygens (including phenoxy) is 1. The predicted molar refractivity (Wildman–Crippen MR) is 80.6 cm³/mol. The van der Waals surface area contributed by atoms with Gasteiger partial charge in [0.15, 0.2) is 5.69 Å². The Labute approximate surface area is 129 Å². The van der Waals surface area contributed by atoms with Crippen LogP contribution in [0.2, 0.25) is 0 Å². The maximum absolute atomic E-state index is 11.6. The third-order valence-electron chi connectivity index (χ3n) is 3.25. The lowest BCUT2D eigenvalue weighted by Crippen LogP contribution is -2.03. The summed E-state index contributed by atoms with van der Waals surface area (Å²) in [6.07, 6.45) is 2.17. The first-order valence-electron chi connectivity index (χ1n) is 6.45. The van der Waals surface area contributed by atoms with Crippen molar-refractivity contribution in [2.45, 2.75) is 6.42 Å². The molecule has 0 aliphatic carbocycles. The molecule has 0 saturated carbocycles. The zero-order valence-electron chi connectivity index (χ0n) is 11.6. The number of methoxy groups -OCH3 is 1. The van der Waals surface area contributed by atoms with E-state index in [1.807, 2.05) is 17.5 Å². The second kappa shape index (κ2) is 5.61. The highest BCUT2D eigenvalue weighted by Gasteiger charge is 2.19. The number of rotatable bonds is 4. The van der Waals surface area contributed by atoms with Gasteiger partial charge in [0, 0.05) is 17.5 Å². The number of thiophene rings is 1. The molecule has 0 spiro atoms. The van der Waals surface area contributed by atoms with E-state index >= 15 is 0 Å². The minimum Gasteiger partial charge on any atom is -0.476 e. The maximum Gasteiger partial charge on any atom is 0.356 e. The Bertz CT molecular complexity index is 852. The molecule has 7 heteroatoms. The van der Waals surface area contributed by atoms with E-state index in [2.05, 4.69) is 9.72 Å². The molecule has 6 nitrogen and oxygen atoms in total. The van der Waals surface area contributed by atoms with Gasteiger partial charge in [0.2, 0.25) is 0 Å². The highest BCUT2D eigenvalue weighted by atomic mass is 32.1. The standard InChI is InChI=1S/C15H12N2O4S/c1-21-15(20)9-4-5-17-11(7-9)13(14(18)19)16-12(17)8-10-3-2-6-22-10/h2-7H,8H2,1H3,(H,18,19). The SMILES string of the molecule is COC(=O)c1ccn2c(Cc3cccs3)nc(C(=O)O)c2c1. The topological polar surface area (TPSA) is 80.9 Å². The minimum absolute atomic E-state index is 0.0719. The number of fused-ring (bicyclic) bond motifs is 1. The van der Waals surface area contributed by atoms with Crippen molar-refractivity contribution in [3.05, 3.63) is 57.8 Å². The summed E-state index contributed by atoms with van der Waals surface area (Å²) in [6, 6.07) is 6.97. The number of aromatic carboxylic acids is 1. The Morgan fingerprint density at radius 3 is 2.86 bits per heavy atom. The normalized spacial score (nSPS) is 10.8. The quantitative estimate of drug-likeness (QED) is 0.748. The molecule has 0 atom stereocenters. The van der Waals surface area contributed by atoms with Crippen molar-refractivity contribution in [2.75, 3.05) is 7.11 Å². The number of carbonyl (C=O) groups excluding carboxylic acids is 1. The molecule has 3 aromatic heterocycles. The van der Waals surface area contributed by atoms with Crippen LogP contribution in [0.25, 0.3) is 5.52 Å². The van der Waals surface area contributed by atoms with Gasteiger partial charge in [-0.15, -0.1) is 11.3 Å². The van der Waals surface area contributed by atoms with Gasteiger partial charge in [0.05, 0.1) is 18.2 Å². The lowest BCUT2D eigenvalue weighted by Gasteiger charge is -2.03. The number of hydrogen-bond donors (Lipinski definition) is 1. The summed E-state index contributed by atoms with van der Waals surface area (Å²) in [7, 11) is 1.28. The average molecular weight is 316 g/mol. The number of carboxylic acid groups (broad SMARTS) is 1. The van der Waals surface area contributed by atoms with Crippen LogP contribution < -0.4 is 0 Å². The van der Waals surface area contributed by atoms with E-state index in [0.717, 1.165) is 4.88 Å². The van der Waals surface area contributed by atoms with Gasteiger partial charge in [-0.1, -0.05) is 6.07 Å². The molecule has 22 heavy (non-hydrogen) atoms. The van der Waals surface area contributed by atoms with Crippen LogP contribution in [0.3, 0.4) is 0 Å². The van der Waals surface area contributed by atoms with Crippen LogP contribution in [0.5, 0.6) is 0 Å². The van der Waals surface area contributed by atoms with Crippen molar-refractivity contribution < 1.29 is 19.4 Å². The molecule has 3 rings (SSSR count). The highest BCUT2D eigenvalue weighted by molar-refractivity contribution is 7.09. The average Bonchev–Trinajstić information content (AvgIpc) is 3.14. The van der Waals surface area contributed by atoms with Gasteiger partial charge in [-0.2, -0.15) is 0 Å². The molecule has 3 aromatic rings. The Morgan fingerprint density at radius 1 is 1.41 bits per heavy atom. The number of pyridine rings is 1. The molecule has 0 aliphatic heterocycles. The number of aromatic nitrogens is 2. The zero-order valence-corrected chi connectivity index (χ0v) is 12.5. The molecule has 0 amide bonds. The van der Waals surface area contributed by atoms with Crippen molar-refractivity contribution in [1.29, 1.82) is 0 Å². The summed E-state index contributed by atoms with van der Waals surface area (Å²) < 4.78 is 6.35. The summed E-state index contributed by atoms with van der Waals surface area (Å²) >= 11 is 1.58. The lowest BCUT2D eigenvalue weighted by molar-refractivity contribution is 0.0599. The molecule has 1 N–H and O–H groups in total. The first-order valence-corrected chi connectivity index (χ1v) is 7.33. The predicted octanol–water partition coefficient (Wildman–Crippen LogP) is 2.47. The number of hydrogen-bond acceptors (Lipinski definition) is 5. The third-order valence-corrected chi connectivity index (χ3v) is 4.13. The van der Waals surface area contributed by atoms with E-state index in [0.29, 0.717) is 23.3 Å². The monoisotopic (exact) mass is 316 g/mol. The summed E-state index contributed by atoms with van der Waals surface area (Å²) in [5.74, 6) is -1.02. The van der Waals surface area contributed by atoms with Gasteiger partial charge in [0.1, 0.15) is 5.82 Å². The number of carbonyl (C=O) groups is 2. The Morgan fingerprint density at radius 2 is 2.23 bits per heavy atom. The van der Waals surface area contributed by atoms with Crippen LogP contribution in [-0.4, -0.2) is 33.5 Å². The first-order chi connectivity index (χ1) is 10.6. The van der Waals surface area contributed by atoms with Gasteiger partial charge in [-0.05, 0) is 23.6 Å². The van der Waals surface area contributed by atoms with Gasteiger partial charge in [-0.25, -0.2) is 14.6 Å². The summed E-state index contributed by atoms with van der Waals surface area (Å²) in [5, 5.41) is 11.3. The minimum atomic E-state index is -1.13. The Balaban J connectivity index is 2.14. The summed E-state index contributed by atoms with van der Waals surface area (Å²) in [5.41, 5.74) is 0.597. The number of imidazole rings is 1. The maximum atomic E-state index is 11.6. The molecule has 0 bridgehead atoms. The van der Waals surface area contributed by atoms with Crippen LogP contribution in [-0.2, 0) is 11.2 Å². The highest BCUT2D eigenvalue weighted by Crippen LogP contribution is 2.20. The lowest BCUT2D eigenvalue weighted by atomic mass is 10.2. The molecule has 0 aromatic carbocycles. The number of carboxylic acids is 1. The fourth-order valence-corrected chi connectivity index (χ4v) is 2.95. The molecule has 0 fully saturated rings. The molecule has 0 radical (unpaired) electrons. The Kier molecular flexibility index (Phi) is 3.64. The van der Waals surface area contributed by atoms with Crippen LogP contribution >= 0.6 is 11.3 Å². The van der Waals surface area contributed by atoms with E-state index < -0.39 is 11.9 Å². The van der Waals surface area contributed by atoms with Crippen molar-refractivity contribution in [1.82, 2.24) is 9.38 Å². The van der Waals surface area contributed by atoms with E-state index in [-0.39, 0.29) is 5.69 Å². The first kappa shape index (κ1) is 14.3. The van der Waals surface area contributed by atoms with Gasteiger partial charge in [0.25, 0.3) is 0 Å². The summed E-state index contributed by atoms with van der Waals surface area (Å²) in [4.78, 5) is 28.3. The van der Waals surface area contributed by atoms with E-state index in [1.54, 1.807) is 28.0 Å². The fourth-order valence-electron chi connectivity index (χ4n) is 2.24. The molecular formula is C15H12N2O4S. The van der Waals surface area contributed by atoms with Crippen LogP contribution in [0.15, 0.2) is 35.8 Å². The molecule has 0 aliphatic rings. The second-order valence-electron chi connectivity index (χ2n) is 4.60. The smallest absolute Gasteiger partial charge is 0.356 e. The molecule has 3 heterocycles. The Hall–Kier alpha value is -2.67. The molecule has 0 unspecified atom stereocenters. The van der Waals surface area contributed by atoms with Crippen molar-refractivity contribution >= 4 is 28.8 Å². The van der Waals surface area contributed by atoms with Gasteiger partial charge >= 0.3 is 11.9 Å². The molecular weight excluding hydrogens is 304 g/mol. The van der Waals surface area contributed by atoms with Gasteiger partial charge < -0.3 is 14.2 Å². The van der Waals surface area contributed by atoms with E-state index in [9.17, 15) is 14.7 Å². The van der Waals surface area contributed by atoms with Gasteiger partial charge in [-0.3, -0.25) is 0 Å². The molecule has 0 saturated heterocycles. The third kappa shape index (κ3) is 2.46. The van der Waals surface area contributed by atoms with Crippen LogP contribution in [0, 0.1) is 0 Å². The second-order valence-corrected chi connectivity index (χ2v) is 5.63. The van der Waals surface area contributed by atoms with Crippen molar-refractivity contribution in [3.63, 3.8) is 0 Å². The fraction of sp³-hybridized carbons (Fsp3) is 0.133. The largest absolute Gasteiger partial charge is 0.476 e. The summed E-state index contributed by atoms with van der Waals surface area (Å²) in [6.45, 7) is 0. The van der Waals surface area contributed by atoms with E-state index in [4.69, 9.17) is 0 Å². The van der Waals surface area contributed by atoms with Crippen LogP contribution in [0.1, 0.15) is 31.5 Å². The number of esters is 1. The van der Waals surface area contributed by atoms with Crippen molar-refractivity contribution in [2.24, 2.45) is 0 Å².